The van der Waals surface area contributed by atoms with Crippen LogP contribution in [0.4, 0.5) is 0 Å². The van der Waals surface area contributed by atoms with E-state index in [0.717, 1.165) is 25.7 Å². The molecule has 2 heterocycles. The Hall–Kier alpha value is -5.34. The molecule has 5 aromatic carbocycles. The standard InChI is InChI=1S/C42H32N2/c1-3-13-29(14-4-1)31-17-11-19-33(25-31)43-39-23-9-7-21-35(39)37-28-42-38(27-41(37)43)36-22-8-10-24-40(36)44(42)34-20-12-18-32(26-34)30-15-5-2-6-16-30/h1-10,13-17,20-28H,11-12,18-19H2. The molecule has 0 fully saturated rings. The van der Waals surface area contributed by atoms with Crippen LogP contribution in [0.15, 0.2) is 146 Å². The summed E-state index contributed by atoms with van der Waals surface area (Å²) in [5, 5.41) is 5.20. The number of rotatable bonds is 4. The van der Waals surface area contributed by atoms with Crippen molar-refractivity contribution < 1.29 is 0 Å². The number of aromatic nitrogens is 2. The van der Waals surface area contributed by atoms with E-state index in [1.165, 1.54) is 77.3 Å². The van der Waals surface area contributed by atoms with Gasteiger partial charge in [0.25, 0.3) is 0 Å². The second-order valence-electron chi connectivity index (χ2n) is 12.0. The number of allylic oxidation sites excluding steroid dienone is 8. The molecule has 0 saturated carbocycles. The first-order valence-electron chi connectivity index (χ1n) is 15.7. The molecule has 0 amide bonds. The van der Waals surface area contributed by atoms with E-state index in [9.17, 15) is 0 Å². The predicted octanol–water partition coefficient (Wildman–Crippen LogP) is 11.3. The van der Waals surface area contributed by atoms with Crippen LogP contribution >= 0.6 is 0 Å². The highest BCUT2D eigenvalue weighted by molar-refractivity contribution is 6.20. The van der Waals surface area contributed by atoms with Gasteiger partial charge >= 0.3 is 0 Å². The summed E-state index contributed by atoms with van der Waals surface area (Å²) in [6.07, 6.45) is 13.8. The minimum atomic E-state index is 1.02. The van der Waals surface area contributed by atoms with Gasteiger partial charge in [0.05, 0.1) is 22.1 Å². The van der Waals surface area contributed by atoms with Crippen LogP contribution in [-0.4, -0.2) is 9.13 Å². The van der Waals surface area contributed by atoms with Gasteiger partial charge in [-0.2, -0.15) is 0 Å². The van der Waals surface area contributed by atoms with Gasteiger partial charge in [0, 0.05) is 32.9 Å². The number of nitrogens with zero attached hydrogens (tertiary/aromatic N) is 2. The minimum Gasteiger partial charge on any atom is -0.313 e. The zero-order valence-corrected chi connectivity index (χ0v) is 24.6. The molecule has 0 atom stereocenters. The maximum Gasteiger partial charge on any atom is 0.0548 e. The van der Waals surface area contributed by atoms with Crippen molar-refractivity contribution in [3.63, 3.8) is 0 Å². The third kappa shape index (κ3) is 3.95. The normalized spacial score (nSPS) is 15.5. The van der Waals surface area contributed by atoms with E-state index in [1.54, 1.807) is 0 Å². The van der Waals surface area contributed by atoms with Gasteiger partial charge in [-0.1, -0.05) is 109 Å². The molecule has 0 aliphatic heterocycles. The Balaban J connectivity index is 1.30. The first-order valence-corrected chi connectivity index (χ1v) is 15.7. The van der Waals surface area contributed by atoms with Gasteiger partial charge in [0.2, 0.25) is 0 Å². The molecule has 210 valence electrons. The lowest BCUT2D eigenvalue weighted by Gasteiger charge is -2.18. The highest BCUT2D eigenvalue weighted by Gasteiger charge is 2.21. The summed E-state index contributed by atoms with van der Waals surface area (Å²) in [7, 11) is 0. The van der Waals surface area contributed by atoms with E-state index < -0.39 is 0 Å². The summed E-state index contributed by atoms with van der Waals surface area (Å²) in [6, 6.07) is 44.4. The quantitative estimate of drug-likeness (QED) is 0.201. The molecule has 2 heteroatoms. The Morgan fingerprint density at radius 3 is 1.70 bits per heavy atom. The van der Waals surface area contributed by atoms with Gasteiger partial charge in [-0.15, -0.1) is 0 Å². The number of para-hydroxylation sites is 2. The number of hydrogen-bond donors (Lipinski definition) is 0. The average Bonchev–Trinajstić information content (AvgIpc) is 3.60. The van der Waals surface area contributed by atoms with Crippen molar-refractivity contribution in [3.05, 3.63) is 157 Å². The molecule has 9 rings (SSSR count). The molecule has 2 nitrogen and oxygen atoms in total. The summed E-state index contributed by atoms with van der Waals surface area (Å²) in [6.45, 7) is 0. The lowest BCUT2D eigenvalue weighted by molar-refractivity contribution is 0.983. The summed E-state index contributed by atoms with van der Waals surface area (Å²) in [4.78, 5) is 0. The van der Waals surface area contributed by atoms with E-state index in [-0.39, 0.29) is 0 Å². The van der Waals surface area contributed by atoms with Crippen LogP contribution < -0.4 is 0 Å². The predicted molar refractivity (Wildman–Crippen MR) is 188 cm³/mol. The van der Waals surface area contributed by atoms with Crippen molar-refractivity contribution in [3.8, 4) is 0 Å². The largest absolute Gasteiger partial charge is 0.313 e. The molecule has 0 radical (unpaired) electrons. The molecule has 0 N–H and O–H groups in total. The van der Waals surface area contributed by atoms with E-state index in [2.05, 4.69) is 155 Å². The third-order valence-electron chi connectivity index (χ3n) is 9.44. The average molecular weight is 565 g/mol. The highest BCUT2D eigenvalue weighted by Crippen LogP contribution is 2.42. The van der Waals surface area contributed by atoms with Crippen molar-refractivity contribution in [2.75, 3.05) is 0 Å². The second kappa shape index (κ2) is 10.1. The SMILES string of the molecule is C1=C(c2ccccc2)C=C(n2c3ccccc3c3cc4c(cc32)c2ccccc2n4C2=CCCC(c3ccccc3)=C2)CC1. The maximum absolute atomic E-state index is 2.53. The fraction of sp³-hybridized carbons (Fsp3) is 0.0952. The van der Waals surface area contributed by atoms with E-state index in [4.69, 9.17) is 0 Å². The van der Waals surface area contributed by atoms with Gasteiger partial charge < -0.3 is 9.13 Å². The first-order chi connectivity index (χ1) is 21.8. The number of fused-ring (bicyclic) bond motifs is 6. The van der Waals surface area contributed by atoms with Crippen LogP contribution in [0.3, 0.4) is 0 Å². The van der Waals surface area contributed by atoms with E-state index in [0.29, 0.717) is 0 Å². The monoisotopic (exact) mass is 564 g/mol. The van der Waals surface area contributed by atoms with Gasteiger partial charge in [-0.3, -0.25) is 0 Å². The number of hydrogen-bond acceptors (Lipinski definition) is 0. The maximum atomic E-state index is 2.53. The highest BCUT2D eigenvalue weighted by atomic mass is 15.0. The van der Waals surface area contributed by atoms with Crippen LogP contribution in [0.1, 0.15) is 36.8 Å². The topological polar surface area (TPSA) is 9.86 Å². The van der Waals surface area contributed by atoms with Crippen molar-refractivity contribution in [2.45, 2.75) is 25.7 Å². The molecule has 0 spiro atoms. The Labute approximate surface area is 257 Å². The van der Waals surface area contributed by atoms with Crippen LogP contribution in [0.5, 0.6) is 0 Å². The first kappa shape index (κ1) is 25.2. The van der Waals surface area contributed by atoms with Crippen molar-refractivity contribution >= 4 is 66.2 Å². The fourth-order valence-corrected chi connectivity index (χ4v) is 7.43. The fourth-order valence-electron chi connectivity index (χ4n) is 7.43. The van der Waals surface area contributed by atoms with Crippen molar-refractivity contribution in [2.24, 2.45) is 0 Å². The zero-order chi connectivity index (χ0) is 29.0. The van der Waals surface area contributed by atoms with Gasteiger partial charge in [0.1, 0.15) is 0 Å². The van der Waals surface area contributed by atoms with Crippen molar-refractivity contribution in [1.82, 2.24) is 9.13 Å². The van der Waals surface area contributed by atoms with Gasteiger partial charge in [0.15, 0.2) is 0 Å². The molecular weight excluding hydrogens is 532 g/mol. The van der Waals surface area contributed by atoms with Crippen molar-refractivity contribution in [1.29, 1.82) is 0 Å². The molecule has 0 bridgehead atoms. The Kier molecular flexibility index (Phi) is 5.80. The van der Waals surface area contributed by atoms with Crippen LogP contribution in [0.25, 0.3) is 66.2 Å². The Bertz CT molecular complexity index is 2360. The second-order valence-corrected chi connectivity index (χ2v) is 12.0. The summed E-state index contributed by atoms with van der Waals surface area (Å²) < 4.78 is 5.02. The van der Waals surface area contributed by atoms with Gasteiger partial charge in [-0.25, -0.2) is 0 Å². The molecule has 44 heavy (non-hydrogen) atoms. The molecule has 0 unspecified atom stereocenters. The lowest BCUT2D eigenvalue weighted by atomic mass is 9.96. The molecule has 2 aliphatic carbocycles. The molecular formula is C42H32N2. The van der Waals surface area contributed by atoms with Crippen LogP contribution in [0.2, 0.25) is 0 Å². The Morgan fingerprint density at radius 1 is 0.432 bits per heavy atom. The van der Waals surface area contributed by atoms with Crippen LogP contribution in [0, 0.1) is 0 Å². The van der Waals surface area contributed by atoms with E-state index in [1.807, 2.05) is 0 Å². The summed E-state index contributed by atoms with van der Waals surface area (Å²) in [5.41, 5.74) is 13.0. The Morgan fingerprint density at radius 2 is 1.00 bits per heavy atom. The third-order valence-corrected chi connectivity index (χ3v) is 9.44. The lowest BCUT2D eigenvalue weighted by Crippen LogP contribution is -2.01. The number of benzene rings is 5. The molecule has 2 aromatic heterocycles. The molecule has 2 aliphatic rings. The van der Waals surface area contributed by atoms with E-state index >= 15 is 0 Å². The molecule has 7 aromatic rings. The zero-order valence-electron chi connectivity index (χ0n) is 24.6. The summed E-state index contributed by atoms with van der Waals surface area (Å²) >= 11 is 0. The van der Waals surface area contributed by atoms with Crippen LogP contribution in [-0.2, 0) is 0 Å². The minimum absolute atomic E-state index is 1.02. The van der Waals surface area contributed by atoms with Gasteiger partial charge in [-0.05, 0) is 84.4 Å². The smallest absolute Gasteiger partial charge is 0.0548 e. The molecule has 0 saturated heterocycles. The summed E-state index contributed by atoms with van der Waals surface area (Å²) in [5.74, 6) is 0.